The lowest BCUT2D eigenvalue weighted by Crippen LogP contribution is -2.29. The lowest BCUT2D eigenvalue weighted by molar-refractivity contribution is 0.366. The molecule has 0 unspecified atom stereocenters. The summed E-state index contributed by atoms with van der Waals surface area (Å²) in [4.78, 5) is 0. The topological polar surface area (TPSA) is 68.2 Å². The number of hydrogen-bond acceptors (Lipinski definition) is 4. The van der Waals surface area contributed by atoms with Crippen molar-refractivity contribution in [3.05, 3.63) is 29.7 Å². The van der Waals surface area contributed by atoms with E-state index < -0.39 is 0 Å². The zero-order chi connectivity index (χ0) is 12.4. The third kappa shape index (κ3) is 2.11. The average Bonchev–Trinajstić information content (AvgIpc) is 2.83. The van der Waals surface area contributed by atoms with Crippen molar-refractivity contribution in [1.29, 1.82) is 0 Å². The molecule has 5 nitrogen and oxygen atoms in total. The smallest absolute Gasteiger partial charge is 0.165 e. The van der Waals surface area contributed by atoms with Crippen LogP contribution in [0.15, 0.2) is 18.3 Å². The second-order valence-electron chi connectivity index (χ2n) is 4.94. The summed E-state index contributed by atoms with van der Waals surface area (Å²) < 4.78 is 2.09. The predicted molar refractivity (Wildman–Crippen MR) is 70.2 cm³/mol. The number of fused-ring (bicyclic) bond motifs is 1. The van der Waals surface area contributed by atoms with Gasteiger partial charge in [-0.3, -0.25) is 4.40 Å². The molecule has 0 bridgehead atoms. The molecule has 0 amide bonds. The van der Waals surface area contributed by atoms with Gasteiger partial charge < -0.3 is 11.1 Å². The largest absolute Gasteiger partial charge is 0.326 e. The second-order valence-corrected chi connectivity index (χ2v) is 4.94. The van der Waals surface area contributed by atoms with Crippen LogP contribution in [0.5, 0.6) is 0 Å². The maximum atomic E-state index is 5.72. The number of aromatic nitrogens is 3. The van der Waals surface area contributed by atoms with Crippen LogP contribution in [0.4, 0.5) is 0 Å². The molecule has 0 atom stereocenters. The van der Waals surface area contributed by atoms with Crippen molar-refractivity contribution in [3.8, 4) is 0 Å². The Morgan fingerprint density at radius 2 is 2.17 bits per heavy atom. The van der Waals surface area contributed by atoms with Gasteiger partial charge in [0.25, 0.3) is 0 Å². The van der Waals surface area contributed by atoms with E-state index >= 15 is 0 Å². The molecule has 3 rings (SSSR count). The molecule has 96 valence electrons. The minimum Gasteiger partial charge on any atom is -0.326 e. The Bertz CT molecular complexity index is 527. The zero-order valence-electron chi connectivity index (χ0n) is 10.5. The van der Waals surface area contributed by atoms with E-state index in [0.717, 1.165) is 42.5 Å². The SMILES string of the molecule is NCc1cccn2c(CC3CCNCC3)nnc12. The van der Waals surface area contributed by atoms with Gasteiger partial charge in [0.2, 0.25) is 0 Å². The maximum Gasteiger partial charge on any atom is 0.165 e. The molecule has 0 aliphatic carbocycles. The van der Waals surface area contributed by atoms with Crippen LogP contribution >= 0.6 is 0 Å². The van der Waals surface area contributed by atoms with Crippen molar-refractivity contribution in [3.63, 3.8) is 0 Å². The monoisotopic (exact) mass is 245 g/mol. The summed E-state index contributed by atoms with van der Waals surface area (Å²) in [5.41, 5.74) is 7.68. The van der Waals surface area contributed by atoms with Crippen molar-refractivity contribution in [1.82, 2.24) is 19.9 Å². The fourth-order valence-electron chi connectivity index (χ4n) is 2.66. The van der Waals surface area contributed by atoms with Gasteiger partial charge >= 0.3 is 0 Å². The summed E-state index contributed by atoms with van der Waals surface area (Å²) in [7, 11) is 0. The van der Waals surface area contributed by atoms with Crippen LogP contribution in [0.2, 0.25) is 0 Å². The highest BCUT2D eigenvalue weighted by atomic mass is 15.2. The van der Waals surface area contributed by atoms with Crippen LogP contribution in [0.25, 0.3) is 5.65 Å². The first-order valence-corrected chi connectivity index (χ1v) is 6.61. The number of rotatable bonds is 3. The van der Waals surface area contributed by atoms with E-state index in [1.54, 1.807) is 0 Å². The molecule has 5 heteroatoms. The number of hydrogen-bond donors (Lipinski definition) is 2. The van der Waals surface area contributed by atoms with Gasteiger partial charge in [0.1, 0.15) is 5.82 Å². The number of piperidine rings is 1. The van der Waals surface area contributed by atoms with E-state index in [0.29, 0.717) is 6.54 Å². The van der Waals surface area contributed by atoms with Crippen LogP contribution in [0.3, 0.4) is 0 Å². The number of pyridine rings is 1. The minimum absolute atomic E-state index is 0.510. The van der Waals surface area contributed by atoms with Gasteiger partial charge in [-0.25, -0.2) is 0 Å². The second kappa shape index (κ2) is 5.04. The highest BCUT2D eigenvalue weighted by molar-refractivity contribution is 5.47. The maximum absolute atomic E-state index is 5.72. The predicted octanol–water partition coefficient (Wildman–Crippen LogP) is 0.730. The Labute approximate surface area is 106 Å². The van der Waals surface area contributed by atoms with Gasteiger partial charge in [0.15, 0.2) is 5.65 Å². The molecular weight excluding hydrogens is 226 g/mol. The van der Waals surface area contributed by atoms with E-state index in [1.807, 2.05) is 18.3 Å². The first kappa shape index (κ1) is 11.6. The van der Waals surface area contributed by atoms with Crippen LogP contribution in [0, 0.1) is 5.92 Å². The summed E-state index contributed by atoms with van der Waals surface area (Å²) in [6.45, 7) is 2.75. The van der Waals surface area contributed by atoms with E-state index in [1.165, 1.54) is 12.8 Å². The van der Waals surface area contributed by atoms with E-state index in [-0.39, 0.29) is 0 Å². The highest BCUT2D eigenvalue weighted by Gasteiger charge is 2.17. The van der Waals surface area contributed by atoms with Crippen LogP contribution in [-0.2, 0) is 13.0 Å². The van der Waals surface area contributed by atoms with E-state index in [2.05, 4.69) is 19.9 Å². The number of nitrogens with two attached hydrogens (primary N) is 1. The molecule has 0 saturated carbocycles. The summed E-state index contributed by atoms with van der Waals surface area (Å²) >= 11 is 0. The summed E-state index contributed by atoms with van der Waals surface area (Å²) in [5, 5.41) is 12.0. The Balaban J connectivity index is 1.88. The zero-order valence-corrected chi connectivity index (χ0v) is 10.5. The Kier molecular flexibility index (Phi) is 3.25. The molecule has 1 fully saturated rings. The van der Waals surface area contributed by atoms with Gasteiger partial charge in [-0.2, -0.15) is 0 Å². The molecule has 0 spiro atoms. The quantitative estimate of drug-likeness (QED) is 0.836. The van der Waals surface area contributed by atoms with Gasteiger partial charge in [-0.05, 0) is 37.9 Å². The third-order valence-electron chi connectivity index (χ3n) is 3.74. The van der Waals surface area contributed by atoms with Crippen LogP contribution in [0.1, 0.15) is 24.2 Å². The van der Waals surface area contributed by atoms with E-state index in [9.17, 15) is 0 Å². The fraction of sp³-hybridized carbons (Fsp3) is 0.538. The third-order valence-corrected chi connectivity index (χ3v) is 3.74. The summed E-state index contributed by atoms with van der Waals surface area (Å²) in [6.07, 6.45) is 5.50. The molecule has 1 aliphatic heterocycles. The van der Waals surface area contributed by atoms with Gasteiger partial charge in [-0.15, -0.1) is 10.2 Å². The van der Waals surface area contributed by atoms with Gasteiger partial charge in [0, 0.05) is 24.7 Å². The minimum atomic E-state index is 0.510. The Hall–Kier alpha value is -1.46. The van der Waals surface area contributed by atoms with Crippen molar-refractivity contribution in [2.75, 3.05) is 13.1 Å². The Morgan fingerprint density at radius 1 is 1.33 bits per heavy atom. The molecular formula is C13H19N5. The molecule has 1 saturated heterocycles. The molecule has 2 aromatic rings. The molecule has 2 aromatic heterocycles. The molecule has 3 heterocycles. The lowest BCUT2D eigenvalue weighted by atomic mass is 9.94. The summed E-state index contributed by atoms with van der Waals surface area (Å²) in [5.74, 6) is 1.78. The van der Waals surface area contributed by atoms with Crippen molar-refractivity contribution in [2.45, 2.75) is 25.8 Å². The van der Waals surface area contributed by atoms with Crippen molar-refractivity contribution in [2.24, 2.45) is 11.7 Å². The van der Waals surface area contributed by atoms with E-state index in [4.69, 9.17) is 5.73 Å². The lowest BCUT2D eigenvalue weighted by Gasteiger charge is -2.21. The number of nitrogens with zero attached hydrogens (tertiary/aromatic N) is 3. The average molecular weight is 245 g/mol. The highest BCUT2D eigenvalue weighted by Crippen LogP contribution is 2.18. The van der Waals surface area contributed by atoms with Gasteiger partial charge in [-0.1, -0.05) is 6.07 Å². The number of nitrogens with one attached hydrogen (secondary N) is 1. The normalized spacial score (nSPS) is 17.4. The Morgan fingerprint density at radius 3 is 2.94 bits per heavy atom. The molecule has 18 heavy (non-hydrogen) atoms. The van der Waals surface area contributed by atoms with Gasteiger partial charge in [0.05, 0.1) is 0 Å². The standard InChI is InChI=1S/C13H19N5/c14-9-11-2-1-7-18-12(16-17-13(11)18)8-10-3-5-15-6-4-10/h1-2,7,10,15H,3-6,8-9,14H2. The van der Waals surface area contributed by atoms with Crippen LogP contribution < -0.4 is 11.1 Å². The molecule has 0 aromatic carbocycles. The molecule has 0 radical (unpaired) electrons. The summed E-state index contributed by atoms with van der Waals surface area (Å²) in [6, 6.07) is 4.03. The first-order chi connectivity index (χ1) is 8.88. The van der Waals surface area contributed by atoms with Crippen molar-refractivity contribution < 1.29 is 0 Å². The van der Waals surface area contributed by atoms with Crippen molar-refractivity contribution >= 4 is 5.65 Å². The van der Waals surface area contributed by atoms with Crippen LogP contribution in [-0.4, -0.2) is 27.7 Å². The molecule has 1 aliphatic rings. The first-order valence-electron chi connectivity index (χ1n) is 6.61. The fourth-order valence-corrected chi connectivity index (χ4v) is 2.66. The molecule has 3 N–H and O–H groups in total.